The summed E-state index contributed by atoms with van der Waals surface area (Å²) in [4.78, 5) is 0. The van der Waals surface area contributed by atoms with Gasteiger partial charge in [-0.05, 0) is 17.7 Å². The van der Waals surface area contributed by atoms with Gasteiger partial charge in [-0.25, -0.2) is 0 Å². The van der Waals surface area contributed by atoms with Gasteiger partial charge in [0.25, 0.3) is 0 Å². The van der Waals surface area contributed by atoms with Crippen molar-refractivity contribution < 1.29 is 24.4 Å². The van der Waals surface area contributed by atoms with Crippen LogP contribution in [0, 0.1) is 0 Å². The first kappa shape index (κ1) is 14.5. The van der Waals surface area contributed by atoms with Gasteiger partial charge in [-0.2, -0.15) is 0 Å². The highest BCUT2D eigenvalue weighted by Gasteiger charge is 2.32. The summed E-state index contributed by atoms with van der Waals surface area (Å²) >= 11 is 0. The van der Waals surface area contributed by atoms with Gasteiger partial charge in [-0.15, -0.1) is 0 Å². The SMILES string of the molecule is COc1ccc(C2Oc3cc(O)cc(OC)c3CC2O)cc1. The van der Waals surface area contributed by atoms with E-state index < -0.39 is 12.2 Å². The van der Waals surface area contributed by atoms with Crippen LogP contribution in [0.25, 0.3) is 0 Å². The largest absolute Gasteiger partial charge is 0.508 e. The number of benzene rings is 2. The van der Waals surface area contributed by atoms with Crippen LogP contribution < -0.4 is 14.2 Å². The van der Waals surface area contributed by atoms with Gasteiger partial charge in [0.05, 0.1) is 20.3 Å². The molecule has 2 unspecified atom stereocenters. The summed E-state index contributed by atoms with van der Waals surface area (Å²) < 4.78 is 16.3. The fourth-order valence-corrected chi connectivity index (χ4v) is 2.71. The molecule has 0 aromatic heterocycles. The van der Waals surface area contributed by atoms with Crippen molar-refractivity contribution in [3.05, 3.63) is 47.5 Å². The molecule has 3 rings (SSSR count). The number of phenols is 1. The second-order valence-electron chi connectivity index (χ2n) is 5.21. The predicted octanol–water partition coefficient (Wildman–Crippen LogP) is 2.45. The van der Waals surface area contributed by atoms with E-state index >= 15 is 0 Å². The molecular formula is C17H18O5. The minimum Gasteiger partial charge on any atom is -0.508 e. The van der Waals surface area contributed by atoms with Crippen molar-refractivity contribution in [3.63, 3.8) is 0 Å². The highest BCUT2D eigenvalue weighted by atomic mass is 16.5. The molecule has 0 aliphatic carbocycles. The number of aliphatic hydroxyl groups is 1. The Bertz CT molecular complexity index is 665. The number of ether oxygens (including phenoxy) is 3. The number of aromatic hydroxyl groups is 1. The summed E-state index contributed by atoms with van der Waals surface area (Å²) in [5, 5.41) is 20.2. The zero-order valence-electron chi connectivity index (χ0n) is 12.4. The Kier molecular flexibility index (Phi) is 3.81. The first-order chi connectivity index (χ1) is 10.6. The van der Waals surface area contributed by atoms with Crippen LogP contribution in [0.4, 0.5) is 0 Å². The third-order valence-electron chi connectivity index (χ3n) is 3.83. The van der Waals surface area contributed by atoms with E-state index in [9.17, 15) is 10.2 Å². The van der Waals surface area contributed by atoms with Crippen LogP contribution in [-0.2, 0) is 6.42 Å². The molecule has 0 radical (unpaired) electrons. The highest BCUT2D eigenvalue weighted by Crippen LogP contribution is 2.42. The van der Waals surface area contributed by atoms with Gasteiger partial charge in [0, 0.05) is 24.1 Å². The summed E-state index contributed by atoms with van der Waals surface area (Å²) in [5.74, 6) is 1.86. The van der Waals surface area contributed by atoms with Crippen molar-refractivity contribution in [3.8, 4) is 23.0 Å². The summed E-state index contributed by atoms with van der Waals surface area (Å²) in [5.41, 5.74) is 1.61. The van der Waals surface area contributed by atoms with Gasteiger partial charge in [0.2, 0.25) is 0 Å². The molecule has 0 bridgehead atoms. The van der Waals surface area contributed by atoms with Crippen LogP contribution in [0.5, 0.6) is 23.0 Å². The Balaban J connectivity index is 1.94. The molecule has 0 amide bonds. The second kappa shape index (κ2) is 5.77. The van der Waals surface area contributed by atoms with Gasteiger partial charge >= 0.3 is 0 Å². The summed E-state index contributed by atoms with van der Waals surface area (Å²) in [6.45, 7) is 0. The van der Waals surface area contributed by atoms with Gasteiger partial charge in [0.1, 0.15) is 29.1 Å². The Morgan fingerprint density at radius 2 is 1.82 bits per heavy atom. The maximum absolute atomic E-state index is 10.4. The lowest BCUT2D eigenvalue weighted by atomic mass is 9.94. The molecule has 2 N–H and O–H groups in total. The van der Waals surface area contributed by atoms with Crippen LogP contribution in [0.2, 0.25) is 0 Å². The normalized spacial score (nSPS) is 20.0. The average Bonchev–Trinajstić information content (AvgIpc) is 2.54. The zero-order chi connectivity index (χ0) is 15.7. The van der Waals surface area contributed by atoms with E-state index in [2.05, 4.69) is 0 Å². The van der Waals surface area contributed by atoms with Crippen molar-refractivity contribution >= 4 is 0 Å². The third kappa shape index (κ3) is 2.55. The first-order valence-electron chi connectivity index (χ1n) is 7.01. The molecule has 0 saturated heterocycles. The molecule has 2 aromatic carbocycles. The average molecular weight is 302 g/mol. The Labute approximate surface area is 128 Å². The minimum absolute atomic E-state index is 0.0699. The highest BCUT2D eigenvalue weighted by molar-refractivity contribution is 5.52. The van der Waals surface area contributed by atoms with Crippen molar-refractivity contribution in [2.75, 3.05) is 14.2 Å². The lowest BCUT2D eigenvalue weighted by molar-refractivity contribution is 0.0198. The van der Waals surface area contributed by atoms with Crippen LogP contribution in [-0.4, -0.2) is 30.5 Å². The number of fused-ring (bicyclic) bond motifs is 1. The van der Waals surface area contributed by atoms with E-state index in [1.54, 1.807) is 13.2 Å². The maximum Gasteiger partial charge on any atom is 0.150 e. The van der Waals surface area contributed by atoms with Crippen molar-refractivity contribution in [1.82, 2.24) is 0 Å². The second-order valence-corrected chi connectivity index (χ2v) is 5.21. The first-order valence-corrected chi connectivity index (χ1v) is 7.01. The summed E-state index contributed by atoms with van der Waals surface area (Å²) in [6, 6.07) is 10.4. The molecule has 1 aliphatic heterocycles. The fourth-order valence-electron chi connectivity index (χ4n) is 2.71. The zero-order valence-corrected chi connectivity index (χ0v) is 12.4. The van der Waals surface area contributed by atoms with Gasteiger partial charge in [-0.3, -0.25) is 0 Å². The molecule has 2 atom stereocenters. The third-order valence-corrected chi connectivity index (χ3v) is 3.83. The molecule has 0 fully saturated rings. The standard InChI is InChI=1S/C17H18O5/c1-20-12-5-3-10(4-6-12)17-14(19)9-13-15(21-2)7-11(18)8-16(13)22-17/h3-8,14,17-19H,9H2,1-2H3. The molecule has 5 heteroatoms. The number of hydrogen-bond acceptors (Lipinski definition) is 5. The van der Waals surface area contributed by atoms with E-state index in [4.69, 9.17) is 14.2 Å². The van der Waals surface area contributed by atoms with Crippen molar-refractivity contribution in [1.29, 1.82) is 0 Å². The lowest BCUT2D eigenvalue weighted by Gasteiger charge is -2.31. The predicted molar refractivity (Wildman–Crippen MR) is 80.7 cm³/mol. The number of phenolic OH excluding ortho intramolecular Hbond substituents is 1. The smallest absolute Gasteiger partial charge is 0.150 e. The number of hydrogen-bond donors (Lipinski definition) is 2. The molecule has 5 nitrogen and oxygen atoms in total. The monoisotopic (exact) mass is 302 g/mol. The molecule has 1 heterocycles. The molecule has 0 spiro atoms. The summed E-state index contributed by atoms with van der Waals surface area (Å²) in [6.07, 6.45) is -0.792. The van der Waals surface area contributed by atoms with E-state index in [0.29, 0.717) is 17.9 Å². The molecular weight excluding hydrogens is 284 g/mol. The fraction of sp³-hybridized carbons (Fsp3) is 0.294. The number of aliphatic hydroxyl groups excluding tert-OH is 1. The van der Waals surface area contributed by atoms with Gasteiger partial charge in [-0.1, -0.05) is 12.1 Å². The van der Waals surface area contributed by atoms with Crippen LogP contribution in [0.1, 0.15) is 17.2 Å². The Hall–Kier alpha value is -2.40. The van der Waals surface area contributed by atoms with Crippen molar-refractivity contribution in [2.24, 2.45) is 0 Å². The molecule has 22 heavy (non-hydrogen) atoms. The number of methoxy groups -OCH3 is 2. The Morgan fingerprint density at radius 1 is 1.09 bits per heavy atom. The quantitative estimate of drug-likeness (QED) is 0.911. The van der Waals surface area contributed by atoms with Crippen LogP contribution in [0.3, 0.4) is 0 Å². The van der Waals surface area contributed by atoms with Gasteiger partial charge < -0.3 is 24.4 Å². The number of rotatable bonds is 3. The van der Waals surface area contributed by atoms with E-state index in [1.165, 1.54) is 13.2 Å². The van der Waals surface area contributed by atoms with Crippen LogP contribution >= 0.6 is 0 Å². The molecule has 2 aromatic rings. The lowest BCUT2D eigenvalue weighted by Crippen LogP contribution is -2.30. The van der Waals surface area contributed by atoms with E-state index in [1.807, 2.05) is 24.3 Å². The Morgan fingerprint density at radius 3 is 2.45 bits per heavy atom. The molecule has 0 saturated carbocycles. The molecule has 116 valence electrons. The van der Waals surface area contributed by atoms with Gasteiger partial charge in [0.15, 0.2) is 0 Å². The van der Waals surface area contributed by atoms with Crippen molar-refractivity contribution in [2.45, 2.75) is 18.6 Å². The maximum atomic E-state index is 10.4. The molecule has 1 aliphatic rings. The van der Waals surface area contributed by atoms with E-state index in [-0.39, 0.29) is 5.75 Å². The summed E-state index contributed by atoms with van der Waals surface area (Å²) in [7, 11) is 3.13. The van der Waals surface area contributed by atoms with E-state index in [0.717, 1.165) is 16.9 Å². The minimum atomic E-state index is -0.695. The topological polar surface area (TPSA) is 68.2 Å². The van der Waals surface area contributed by atoms with Crippen LogP contribution in [0.15, 0.2) is 36.4 Å².